The van der Waals surface area contributed by atoms with E-state index in [4.69, 9.17) is 16.3 Å². The molecule has 4 aromatic rings. The van der Waals surface area contributed by atoms with Crippen molar-refractivity contribution in [1.82, 2.24) is 10.2 Å². The van der Waals surface area contributed by atoms with Crippen LogP contribution in [0, 0.1) is 0 Å². The van der Waals surface area contributed by atoms with Crippen LogP contribution in [0.3, 0.4) is 0 Å². The Bertz CT molecular complexity index is 1520. The van der Waals surface area contributed by atoms with Crippen LogP contribution in [0.1, 0.15) is 54.7 Å². The molecule has 0 atom stereocenters. The molecule has 2 aliphatic heterocycles. The van der Waals surface area contributed by atoms with Crippen molar-refractivity contribution in [3.8, 4) is 11.5 Å². The maximum absolute atomic E-state index is 14.3. The molecular weight excluding hydrogens is 522 g/mol. The maximum atomic E-state index is 14.3. The predicted octanol–water partition coefficient (Wildman–Crippen LogP) is 6.88. The van der Waals surface area contributed by atoms with Crippen LogP contribution in [-0.4, -0.2) is 42.3 Å². The van der Waals surface area contributed by atoms with Crippen molar-refractivity contribution in [1.29, 1.82) is 0 Å². The van der Waals surface area contributed by atoms with Gasteiger partial charge in [0, 0.05) is 71.9 Å². The molecule has 0 saturated heterocycles. The lowest BCUT2D eigenvalue weighted by Crippen LogP contribution is -2.48. The minimum absolute atomic E-state index is 0.147. The second-order valence-electron chi connectivity index (χ2n) is 9.92. The first kappa shape index (κ1) is 26.1. The Morgan fingerprint density at radius 2 is 1.32 bits per heavy atom. The summed E-state index contributed by atoms with van der Waals surface area (Å²) < 4.78 is 6.73. The molecule has 1 aromatic heterocycles. The highest BCUT2D eigenvalue weighted by Crippen LogP contribution is 2.59. The van der Waals surface area contributed by atoms with E-state index >= 15 is 0 Å². The second kappa shape index (κ2) is 10.1. The van der Waals surface area contributed by atoms with E-state index in [9.17, 15) is 4.79 Å². The van der Waals surface area contributed by atoms with Gasteiger partial charge >= 0.3 is 0 Å². The Hall–Kier alpha value is -4.10. The molecule has 0 fully saturated rings. The number of halogens is 1. The van der Waals surface area contributed by atoms with Crippen molar-refractivity contribution in [2.45, 2.75) is 33.2 Å². The fourth-order valence-corrected chi connectivity index (χ4v) is 6.34. The van der Waals surface area contributed by atoms with Crippen molar-refractivity contribution in [2.75, 3.05) is 40.9 Å². The van der Waals surface area contributed by atoms with Crippen molar-refractivity contribution in [2.24, 2.45) is 0 Å². The minimum atomic E-state index is -1.01. The second-order valence-corrected chi connectivity index (χ2v) is 10.3. The topological polar surface area (TPSA) is 61.8 Å². The molecule has 2 aliphatic rings. The van der Waals surface area contributed by atoms with Crippen molar-refractivity contribution < 1.29 is 9.53 Å². The predicted molar refractivity (Wildman–Crippen MR) is 160 cm³/mol. The summed E-state index contributed by atoms with van der Waals surface area (Å²) in [6, 6.07) is 23.8. The maximum Gasteiger partial charge on any atom is 0.261 e. The van der Waals surface area contributed by atoms with Gasteiger partial charge < -0.3 is 14.5 Å². The van der Waals surface area contributed by atoms with E-state index in [1.165, 1.54) is 0 Å². The molecule has 0 radical (unpaired) electrons. The number of ether oxygens (including phenoxy) is 1. The van der Waals surface area contributed by atoms with E-state index in [-0.39, 0.29) is 11.1 Å². The first-order chi connectivity index (χ1) is 19.5. The zero-order valence-corrected chi connectivity index (χ0v) is 23.9. The molecule has 0 N–H and O–H groups in total. The Morgan fingerprint density at radius 3 is 1.85 bits per heavy atom. The van der Waals surface area contributed by atoms with Gasteiger partial charge in [-0.05, 0) is 58.0 Å². The summed E-state index contributed by atoms with van der Waals surface area (Å²) in [5.74, 6) is 1.70. The molecule has 1 amide bonds. The van der Waals surface area contributed by atoms with E-state index in [1.807, 2.05) is 24.3 Å². The fraction of sp³-hybridized carbons (Fsp3) is 0.281. The Morgan fingerprint density at radius 1 is 0.750 bits per heavy atom. The van der Waals surface area contributed by atoms with Crippen LogP contribution in [0.25, 0.3) is 0 Å². The molecule has 0 saturated carbocycles. The standard InChI is InChI=1S/C32H32ClN5O2/c1-5-36(6-2)21-13-15-25-27(19-21)40-28-20-22(37(7-3)8-4)14-16-26(28)32(25)24-12-10-9-11-23(24)31(39)38(32)30-18-17-29(33)34-35-30/h9-20H,5-8H2,1-4H3. The number of aromatic nitrogens is 2. The van der Waals surface area contributed by atoms with Gasteiger partial charge in [-0.1, -0.05) is 41.9 Å². The lowest BCUT2D eigenvalue weighted by Gasteiger charge is -2.44. The monoisotopic (exact) mass is 553 g/mol. The number of hydrogen-bond donors (Lipinski definition) is 0. The first-order valence-electron chi connectivity index (χ1n) is 13.9. The highest BCUT2D eigenvalue weighted by molar-refractivity contribution is 6.29. The van der Waals surface area contributed by atoms with Crippen LogP contribution in [0.15, 0.2) is 72.8 Å². The van der Waals surface area contributed by atoms with Gasteiger partial charge in [-0.2, -0.15) is 0 Å². The van der Waals surface area contributed by atoms with Crippen LogP contribution < -0.4 is 19.4 Å². The molecule has 3 heterocycles. The van der Waals surface area contributed by atoms with Crippen LogP contribution in [0.5, 0.6) is 11.5 Å². The molecule has 204 valence electrons. The van der Waals surface area contributed by atoms with E-state index in [0.29, 0.717) is 22.9 Å². The molecule has 0 aliphatic carbocycles. The number of anilines is 3. The molecule has 7 nitrogen and oxygen atoms in total. The lowest BCUT2D eigenvalue weighted by molar-refractivity contribution is 0.0984. The lowest BCUT2D eigenvalue weighted by atomic mass is 9.74. The summed E-state index contributed by atoms with van der Waals surface area (Å²) in [6.45, 7) is 12.1. The molecule has 8 heteroatoms. The van der Waals surface area contributed by atoms with E-state index in [0.717, 1.165) is 54.2 Å². The van der Waals surface area contributed by atoms with Gasteiger partial charge in [-0.15, -0.1) is 10.2 Å². The summed E-state index contributed by atoms with van der Waals surface area (Å²) in [7, 11) is 0. The summed E-state index contributed by atoms with van der Waals surface area (Å²) in [5, 5.41) is 8.77. The van der Waals surface area contributed by atoms with Gasteiger partial charge in [0.1, 0.15) is 17.0 Å². The Labute approximate surface area is 240 Å². The Balaban J connectivity index is 1.70. The van der Waals surface area contributed by atoms with Crippen LogP contribution >= 0.6 is 11.6 Å². The number of carbonyl (C=O) groups is 1. The summed E-state index contributed by atoms with van der Waals surface area (Å²) in [5.41, 5.74) is 4.38. The molecule has 0 unspecified atom stereocenters. The molecule has 6 rings (SSSR count). The van der Waals surface area contributed by atoms with E-state index in [1.54, 1.807) is 17.0 Å². The zero-order chi connectivity index (χ0) is 28.0. The third-order valence-electron chi connectivity index (χ3n) is 8.12. The third kappa shape index (κ3) is 3.75. The molecule has 3 aromatic carbocycles. The number of carbonyl (C=O) groups excluding carboxylic acids is 1. The van der Waals surface area contributed by atoms with Crippen LogP contribution in [-0.2, 0) is 5.54 Å². The highest BCUT2D eigenvalue weighted by atomic mass is 35.5. The number of hydrogen-bond acceptors (Lipinski definition) is 6. The molecule has 1 spiro atoms. The zero-order valence-electron chi connectivity index (χ0n) is 23.2. The van der Waals surface area contributed by atoms with Gasteiger partial charge in [0.05, 0.1) is 0 Å². The van der Waals surface area contributed by atoms with Crippen molar-refractivity contribution in [3.63, 3.8) is 0 Å². The smallest absolute Gasteiger partial charge is 0.261 e. The minimum Gasteiger partial charge on any atom is -0.456 e. The van der Waals surface area contributed by atoms with Gasteiger partial charge in [-0.25, -0.2) is 0 Å². The molecular formula is C32H32ClN5O2. The van der Waals surface area contributed by atoms with E-state index < -0.39 is 5.54 Å². The summed E-state index contributed by atoms with van der Waals surface area (Å²) in [6.07, 6.45) is 0. The van der Waals surface area contributed by atoms with Crippen molar-refractivity contribution in [3.05, 3.63) is 100 Å². The summed E-state index contributed by atoms with van der Waals surface area (Å²) in [4.78, 5) is 20.6. The highest BCUT2D eigenvalue weighted by Gasteiger charge is 2.57. The quantitative estimate of drug-likeness (QED) is 0.248. The Kier molecular flexibility index (Phi) is 6.62. The first-order valence-corrected chi connectivity index (χ1v) is 14.3. The van der Waals surface area contributed by atoms with Gasteiger partial charge in [0.2, 0.25) is 0 Å². The van der Waals surface area contributed by atoms with Gasteiger partial charge in [-0.3, -0.25) is 9.69 Å². The SMILES string of the molecule is CCN(CC)c1ccc2c(c1)Oc1cc(N(CC)CC)ccc1C21c2ccccc2C(=O)N1c1ccc(Cl)nn1. The summed E-state index contributed by atoms with van der Waals surface area (Å²) >= 11 is 6.13. The van der Waals surface area contributed by atoms with Gasteiger partial charge in [0.25, 0.3) is 5.91 Å². The van der Waals surface area contributed by atoms with Crippen LogP contribution in [0.2, 0.25) is 5.15 Å². The average molecular weight is 554 g/mol. The molecule has 0 bridgehead atoms. The molecule has 40 heavy (non-hydrogen) atoms. The number of amides is 1. The number of fused-ring (bicyclic) bond motifs is 6. The fourth-order valence-electron chi connectivity index (χ4n) is 6.24. The number of benzene rings is 3. The van der Waals surface area contributed by atoms with E-state index in [2.05, 4.69) is 84.1 Å². The normalized spacial score (nSPS) is 14.4. The average Bonchev–Trinajstić information content (AvgIpc) is 3.23. The van der Waals surface area contributed by atoms with Crippen molar-refractivity contribution >= 4 is 34.7 Å². The van der Waals surface area contributed by atoms with Gasteiger partial charge in [0.15, 0.2) is 11.0 Å². The third-order valence-corrected chi connectivity index (χ3v) is 8.32. The largest absolute Gasteiger partial charge is 0.456 e. The number of nitrogens with zero attached hydrogens (tertiary/aromatic N) is 5. The van der Waals surface area contributed by atoms with Crippen LogP contribution in [0.4, 0.5) is 17.2 Å². The number of rotatable bonds is 7.